The number of piperazine rings is 1. The maximum absolute atomic E-state index is 12.7. The number of rotatable bonds is 5. The molecular formula is C14H20FN3OS. The van der Waals surface area contributed by atoms with Gasteiger partial charge in [-0.05, 0) is 42.9 Å². The lowest BCUT2D eigenvalue weighted by molar-refractivity contribution is 0.170. The fourth-order valence-corrected chi connectivity index (χ4v) is 2.38. The Balaban J connectivity index is 1.60. The second-order valence-corrected chi connectivity index (χ2v) is 5.24. The van der Waals surface area contributed by atoms with Crippen LogP contribution in [0.1, 0.15) is 6.42 Å². The van der Waals surface area contributed by atoms with E-state index < -0.39 is 0 Å². The van der Waals surface area contributed by atoms with Crippen LogP contribution in [0.15, 0.2) is 24.3 Å². The number of hydrogen-bond donors (Lipinski definition) is 1. The summed E-state index contributed by atoms with van der Waals surface area (Å²) in [6.45, 7) is 5.39. The molecule has 0 bridgehead atoms. The Morgan fingerprint density at radius 2 is 1.85 bits per heavy atom. The zero-order chi connectivity index (χ0) is 14.4. The van der Waals surface area contributed by atoms with Gasteiger partial charge in [0.1, 0.15) is 11.6 Å². The number of thiocarbonyl (C=S) groups is 1. The van der Waals surface area contributed by atoms with Gasteiger partial charge < -0.3 is 15.4 Å². The monoisotopic (exact) mass is 297 g/mol. The Labute approximate surface area is 124 Å². The predicted octanol–water partition coefficient (Wildman–Crippen LogP) is 1.46. The molecule has 0 radical (unpaired) electrons. The molecule has 0 unspecified atom stereocenters. The lowest BCUT2D eigenvalue weighted by atomic mass is 10.3. The SMILES string of the molecule is NC(=S)N1CCN(CCCOc2ccc(F)cc2)CC1. The van der Waals surface area contributed by atoms with E-state index in [-0.39, 0.29) is 5.82 Å². The largest absolute Gasteiger partial charge is 0.494 e. The summed E-state index contributed by atoms with van der Waals surface area (Å²) in [6.07, 6.45) is 0.949. The summed E-state index contributed by atoms with van der Waals surface area (Å²) in [5.41, 5.74) is 5.60. The quantitative estimate of drug-likeness (QED) is 0.658. The first-order valence-corrected chi connectivity index (χ1v) is 7.21. The van der Waals surface area contributed by atoms with E-state index in [0.717, 1.165) is 39.1 Å². The molecule has 0 saturated carbocycles. The van der Waals surface area contributed by atoms with Crippen LogP contribution in [0.2, 0.25) is 0 Å². The molecule has 1 heterocycles. The Bertz CT molecular complexity index is 433. The molecule has 6 heteroatoms. The molecule has 1 aromatic rings. The average Bonchev–Trinajstić information content (AvgIpc) is 2.46. The molecule has 20 heavy (non-hydrogen) atoms. The van der Waals surface area contributed by atoms with Crippen molar-refractivity contribution in [1.82, 2.24) is 9.80 Å². The molecule has 1 fully saturated rings. The molecule has 0 amide bonds. The third kappa shape index (κ3) is 4.61. The molecule has 2 N–H and O–H groups in total. The molecular weight excluding hydrogens is 277 g/mol. The summed E-state index contributed by atoms with van der Waals surface area (Å²) >= 11 is 4.96. The van der Waals surface area contributed by atoms with E-state index in [2.05, 4.69) is 4.90 Å². The van der Waals surface area contributed by atoms with Gasteiger partial charge in [-0.25, -0.2) is 4.39 Å². The van der Waals surface area contributed by atoms with Crippen molar-refractivity contribution in [2.45, 2.75) is 6.42 Å². The van der Waals surface area contributed by atoms with Gasteiger partial charge in [0.25, 0.3) is 0 Å². The summed E-state index contributed by atoms with van der Waals surface area (Å²) in [5, 5.41) is 0.490. The highest BCUT2D eigenvalue weighted by Gasteiger charge is 2.16. The summed E-state index contributed by atoms with van der Waals surface area (Å²) in [6, 6.07) is 6.11. The van der Waals surface area contributed by atoms with Gasteiger partial charge in [-0.1, -0.05) is 0 Å². The van der Waals surface area contributed by atoms with E-state index in [9.17, 15) is 4.39 Å². The molecule has 2 rings (SSSR count). The Hall–Kier alpha value is -1.40. The van der Waals surface area contributed by atoms with Crippen LogP contribution in [0.25, 0.3) is 0 Å². The van der Waals surface area contributed by atoms with Crippen LogP contribution in [0.5, 0.6) is 5.75 Å². The summed E-state index contributed by atoms with van der Waals surface area (Å²) in [7, 11) is 0. The zero-order valence-corrected chi connectivity index (χ0v) is 12.2. The van der Waals surface area contributed by atoms with Crippen LogP contribution in [-0.2, 0) is 0 Å². The maximum Gasteiger partial charge on any atom is 0.166 e. The van der Waals surface area contributed by atoms with Crippen LogP contribution in [0.3, 0.4) is 0 Å². The van der Waals surface area contributed by atoms with Crippen molar-refractivity contribution in [3.8, 4) is 5.75 Å². The van der Waals surface area contributed by atoms with Crippen molar-refractivity contribution in [2.24, 2.45) is 5.73 Å². The lowest BCUT2D eigenvalue weighted by Crippen LogP contribution is -2.50. The van der Waals surface area contributed by atoms with Crippen LogP contribution in [-0.4, -0.2) is 54.2 Å². The minimum atomic E-state index is -0.243. The minimum Gasteiger partial charge on any atom is -0.494 e. The third-order valence-electron chi connectivity index (χ3n) is 3.39. The lowest BCUT2D eigenvalue weighted by Gasteiger charge is -2.34. The number of halogens is 1. The number of nitrogens with zero attached hydrogens (tertiary/aromatic N) is 2. The van der Waals surface area contributed by atoms with Crippen molar-refractivity contribution in [2.75, 3.05) is 39.3 Å². The van der Waals surface area contributed by atoms with E-state index in [1.165, 1.54) is 12.1 Å². The van der Waals surface area contributed by atoms with E-state index in [1.54, 1.807) is 12.1 Å². The van der Waals surface area contributed by atoms with Crippen LogP contribution in [0.4, 0.5) is 4.39 Å². The molecule has 0 atom stereocenters. The smallest absolute Gasteiger partial charge is 0.166 e. The molecule has 110 valence electrons. The van der Waals surface area contributed by atoms with Crippen molar-refractivity contribution in [1.29, 1.82) is 0 Å². The standard InChI is InChI=1S/C14H20FN3OS/c15-12-2-4-13(5-3-12)19-11-1-6-17-7-9-18(10-8-17)14(16)20/h2-5H,1,6-11H2,(H2,16,20). The topological polar surface area (TPSA) is 41.7 Å². The van der Waals surface area contributed by atoms with Crippen LogP contribution in [0, 0.1) is 5.82 Å². The van der Waals surface area contributed by atoms with E-state index >= 15 is 0 Å². The maximum atomic E-state index is 12.7. The highest BCUT2D eigenvalue weighted by molar-refractivity contribution is 7.80. The van der Waals surface area contributed by atoms with E-state index in [4.69, 9.17) is 22.7 Å². The number of ether oxygens (including phenoxy) is 1. The second kappa shape index (κ2) is 7.40. The van der Waals surface area contributed by atoms with Gasteiger partial charge >= 0.3 is 0 Å². The van der Waals surface area contributed by atoms with Crippen molar-refractivity contribution in [3.05, 3.63) is 30.1 Å². The fraction of sp³-hybridized carbons (Fsp3) is 0.500. The summed E-state index contributed by atoms with van der Waals surface area (Å²) in [4.78, 5) is 4.41. The van der Waals surface area contributed by atoms with E-state index in [0.29, 0.717) is 17.5 Å². The number of benzene rings is 1. The van der Waals surface area contributed by atoms with Crippen LogP contribution < -0.4 is 10.5 Å². The van der Waals surface area contributed by atoms with Crippen molar-refractivity contribution < 1.29 is 9.13 Å². The summed E-state index contributed by atoms with van der Waals surface area (Å²) in [5.74, 6) is 0.470. The first kappa shape index (κ1) is 15.0. The van der Waals surface area contributed by atoms with Crippen LogP contribution >= 0.6 is 12.2 Å². The number of nitrogens with two attached hydrogens (primary N) is 1. The Morgan fingerprint density at radius 1 is 1.20 bits per heavy atom. The molecule has 4 nitrogen and oxygen atoms in total. The highest BCUT2D eigenvalue weighted by Crippen LogP contribution is 2.11. The van der Waals surface area contributed by atoms with Gasteiger partial charge in [0.2, 0.25) is 0 Å². The fourth-order valence-electron chi connectivity index (χ4n) is 2.20. The first-order valence-electron chi connectivity index (χ1n) is 6.80. The molecule has 1 aromatic carbocycles. The van der Waals surface area contributed by atoms with Gasteiger partial charge in [0, 0.05) is 32.7 Å². The van der Waals surface area contributed by atoms with Gasteiger partial charge in [0.05, 0.1) is 6.61 Å². The third-order valence-corrected chi connectivity index (χ3v) is 3.64. The highest BCUT2D eigenvalue weighted by atomic mass is 32.1. The van der Waals surface area contributed by atoms with Gasteiger partial charge in [-0.2, -0.15) is 0 Å². The minimum absolute atomic E-state index is 0.243. The van der Waals surface area contributed by atoms with Gasteiger partial charge in [0.15, 0.2) is 5.11 Å². The molecule has 1 saturated heterocycles. The van der Waals surface area contributed by atoms with Crippen molar-refractivity contribution >= 4 is 17.3 Å². The predicted molar refractivity (Wildman–Crippen MR) is 81.3 cm³/mol. The normalized spacial score (nSPS) is 16.1. The molecule has 1 aliphatic rings. The van der Waals surface area contributed by atoms with E-state index in [1.807, 2.05) is 4.90 Å². The molecule has 1 aliphatic heterocycles. The molecule has 0 aliphatic carbocycles. The second-order valence-electron chi connectivity index (χ2n) is 4.82. The Morgan fingerprint density at radius 3 is 2.45 bits per heavy atom. The average molecular weight is 297 g/mol. The van der Waals surface area contributed by atoms with Gasteiger partial charge in [-0.15, -0.1) is 0 Å². The zero-order valence-electron chi connectivity index (χ0n) is 11.4. The molecule has 0 aromatic heterocycles. The van der Waals surface area contributed by atoms with Gasteiger partial charge in [-0.3, -0.25) is 4.90 Å². The number of hydrogen-bond acceptors (Lipinski definition) is 3. The molecule has 0 spiro atoms. The summed E-state index contributed by atoms with van der Waals surface area (Å²) < 4.78 is 18.3. The first-order chi connectivity index (χ1) is 9.65. The van der Waals surface area contributed by atoms with Crippen molar-refractivity contribution in [3.63, 3.8) is 0 Å². The Kier molecular flexibility index (Phi) is 5.55.